The molecule has 1 N–H and O–H groups in total. The van der Waals surface area contributed by atoms with Gasteiger partial charge in [0, 0.05) is 28.6 Å². The molecule has 3 aromatic rings. The number of hydrogen-bond donors (Lipinski definition) is 1. The van der Waals surface area contributed by atoms with E-state index >= 15 is 0 Å². The monoisotopic (exact) mass is 362 g/mol. The van der Waals surface area contributed by atoms with E-state index in [9.17, 15) is 14.0 Å². The lowest BCUT2D eigenvalue weighted by atomic mass is 10.0. The SMILES string of the molecule is CC(Oc1ccc2c(-c3cccc(F)c3Cl)cc(=O)oc2c1)C(=O)O. The quantitative estimate of drug-likeness (QED) is 0.707. The van der Waals surface area contributed by atoms with Crippen LogP contribution >= 0.6 is 11.6 Å². The van der Waals surface area contributed by atoms with Gasteiger partial charge in [-0.15, -0.1) is 0 Å². The molecule has 128 valence electrons. The maximum Gasteiger partial charge on any atom is 0.344 e. The summed E-state index contributed by atoms with van der Waals surface area (Å²) in [7, 11) is 0. The fraction of sp³-hybridized carbons (Fsp3) is 0.111. The van der Waals surface area contributed by atoms with Gasteiger partial charge in [0.25, 0.3) is 0 Å². The van der Waals surface area contributed by atoms with Crippen molar-refractivity contribution in [2.75, 3.05) is 0 Å². The van der Waals surface area contributed by atoms with E-state index in [0.29, 0.717) is 16.5 Å². The number of rotatable bonds is 4. The third-order valence-corrected chi connectivity index (χ3v) is 4.00. The van der Waals surface area contributed by atoms with Crippen LogP contribution < -0.4 is 10.4 Å². The van der Waals surface area contributed by atoms with Crippen LogP contribution in [0.1, 0.15) is 6.92 Å². The summed E-state index contributed by atoms with van der Waals surface area (Å²) in [5.41, 5.74) is 0.296. The molecular formula is C18H12ClFO5. The lowest BCUT2D eigenvalue weighted by Crippen LogP contribution is -2.22. The topological polar surface area (TPSA) is 76.7 Å². The second-order valence-corrected chi connectivity index (χ2v) is 5.71. The number of carboxylic acids is 1. The fourth-order valence-corrected chi connectivity index (χ4v) is 2.63. The molecule has 0 aliphatic heterocycles. The van der Waals surface area contributed by atoms with Gasteiger partial charge in [0.2, 0.25) is 0 Å². The Balaban J connectivity index is 2.17. The first-order chi connectivity index (χ1) is 11.9. The Bertz CT molecular complexity index is 1030. The van der Waals surface area contributed by atoms with Gasteiger partial charge in [-0.1, -0.05) is 23.7 Å². The maximum atomic E-state index is 13.7. The zero-order chi connectivity index (χ0) is 18.1. The van der Waals surface area contributed by atoms with Crippen molar-refractivity contribution in [2.45, 2.75) is 13.0 Å². The van der Waals surface area contributed by atoms with E-state index in [1.54, 1.807) is 18.2 Å². The Morgan fingerprint density at radius 2 is 2.00 bits per heavy atom. The highest BCUT2D eigenvalue weighted by Crippen LogP contribution is 2.35. The second-order valence-electron chi connectivity index (χ2n) is 5.34. The third kappa shape index (κ3) is 3.34. The minimum Gasteiger partial charge on any atom is -0.479 e. The molecular weight excluding hydrogens is 351 g/mol. The molecule has 2 aromatic carbocycles. The van der Waals surface area contributed by atoms with E-state index in [0.717, 1.165) is 0 Å². The normalized spacial score (nSPS) is 12.1. The fourth-order valence-electron chi connectivity index (χ4n) is 2.41. The Kier molecular flexibility index (Phi) is 4.46. The van der Waals surface area contributed by atoms with Crippen molar-refractivity contribution in [3.8, 4) is 16.9 Å². The van der Waals surface area contributed by atoms with Gasteiger partial charge in [0.15, 0.2) is 6.10 Å². The summed E-state index contributed by atoms with van der Waals surface area (Å²) in [6.45, 7) is 1.38. The standard InChI is InChI=1S/C18H12ClFO5/c1-9(18(22)23)24-10-5-6-11-13(8-16(21)25-15(11)7-10)12-3-2-4-14(20)17(12)19/h2-9H,1H3,(H,22,23). The Morgan fingerprint density at radius 1 is 1.24 bits per heavy atom. The Morgan fingerprint density at radius 3 is 2.72 bits per heavy atom. The Hall–Kier alpha value is -2.86. The summed E-state index contributed by atoms with van der Waals surface area (Å²) in [6.07, 6.45) is -1.06. The van der Waals surface area contributed by atoms with Crippen LogP contribution in [0.4, 0.5) is 4.39 Å². The van der Waals surface area contributed by atoms with Crippen LogP contribution in [0.15, 0.2) is 51.7 Å². The predicted molar refractivity (Wildman–Crippen MR) is 90.6 cm³/mol. The van der Waals surface area contributed by atoms with Gasteiger partial charge >= 0.3 is 11.6 Å². The first-order valence-electron chi connectivity index (χ1n) is 7.28. The highest BCUT2D eigenvalue weighted by molar-refractivity contribution is 6.33. The predicted octanol–water partition coefficient (Wildman–Crippen LogP) is 4.10. The molecule has 0 amide bonds. The van der Waals surface area contributed by atoms with Crippen molar-refractivity contribution in [3.05, 3.63) is 63.7 Å². The first-order valence-corrected chi connectivity index (χ1v) is 7.66. The van der Waals surface area contributed by atoms with E-state index < -0.39 is 23.5 Å². The lowest BCUT2D eigenvalue weighted by Gasteiger charge is -2.12. The molecule has 1 atom stereocenters. The van der Waals surface area contributed by atoms with Crippen LogP contribution in [0.5, 0.6) is 5.75 Å². The zero-order valence-corrected chi connectivity index (χ0v) is 13.7. The smallest absolute Gasteiger partial charge is 0.344 e. The molecule has 0 aliphatic carbocycles. The zero-order valence-electron chi connectivity index (χ0n) is 13.0. The number of halogens is 2. The van der Waals surface area contributed by atoms with E-state index in [-0.39, 0.29) is 16.4 Å². The molecule has 0 bridgehead atoms. The molecule has 1 aromatic heterocycles. The van der Waals surface area contributed by atoms with Crippen molar-refractivity contribution in [2.24, 2.45) is 0 Å². The summed E-state index contributed by atoms with van der Waals surface area (Å²) in [6, 6.07) is 10.1. The summed E-state index contributed by atoms with van der Waals surface area (Å²) in [5, 5.41) is 9.31. The molecule has 25 heavy (non-hydrogen) atoms. The van der Waals surface area contributed by atoms with Crippen LogP contribution in [0.2, 0.25) is 5.02 Å². The second kappa shape index (κ2) is 6.57. The molecule has 0 saturated heterocycles. The molecule has 0 radical (unpaired) electrons. The molecule has 1 heterocycles. The molecule has 0 aliphatic rings. The van der Waals surface area contributed by atoms with Gasteiger partial charge < -0.3 is 14.3 Å². The van der Waals surface area contributed by atoms with Crippen LogP contribution in [-0.4, -0.2) is 17.2 Å². The minimum absolute atomic E-state index is 0.103. The third-order valence-electron chi connectivity index (χ3n) is 3.62. The van der Waals surface area contributed by atoms with Gasteiger partial charge in [0.1, 0.15) is 17.1 Å². The molecule has 3 rings (SSSR count). The van der Waals surface area contributed by atoms with Crippen molar-refractivity contribution in [1.82, 2.24) is 0 Å². The average molecular weight is 363 g/mol. The van der Waals surface area contributed by atoms with Gasteiger partial charge in [-0.3, -0.25) is 0 Å². The van der Waals surface area contributed by atoms with E-state index in [4.69, 9.17) is 25.9 Å². The van der Waals surface area contributed by atoms with Crippen molar-refractivity contribution >= 4 is 28.5 Å². The molecule has 5 nitrogen and oxygen atoms in total. The molecule has 0 spiro atoms. The van der Waals surface area contributed by atoms with Crippen LogP contribution in [0.3, 0.4) is 0 Å². The van der Waals surface area contributed by atoms with Crippen molar-refractivity contribution in [3.63, 3.8) is 0 Å². The molecule has 0 saturated carbocycles. The summed E-state index contributed by atoms with van der Waals surface area (Å²) in [4.78, 5) is 22.8. The summed E-state index contributed by atoms with van der Waals surface area (Å²) >= 11 is 6.02. The van der Waals surface area contributed by atoms with Gasteiger partial charge in [0.05, 0.1) is 5.02 Å². The van der Waals surface area contributed by atoms with Crippen LogP contribution in [0.25, 0.3) is 22.1 Å². The number of carboxylic acid groups (broad SMARTS) is 1. The van der Waals surface area contributed by atoms with Crippen molar-refractivity contribution < 1.29 is 23.4 Å². The Labute approximate surface area is 146 Å². The molecule has 1 unspecified atom stereocenters. The van der Waals surface area contributed by atoms with Gasteiger partial charge in [-0.05, 0) is 25.1 Å². The van der Waals surface area contributed by atoms with E-state index in [1.165, 1.54) is 31.2 Å². The van der Waals surface area contributed by atoms with Gasteiger partial charge in [-0.25, -0.2) is 14.0 Å². The number of aliphatic carboxylic acids is 1. The minimum atomic E-state index is -1.12. The number of hydrogen-bond acceptors (Lipinski definition) is 4. The van der Waals surface area contributed by atoms with Crippen molar-refractivity contribution in [1.29, 1.82) is 0 Å². The number of benzene rings is 2. The number of fused-ring (bicyclic) bond motifs is 1. The highest BCUT2D eigenvalue weighted by atomic mass is 35.5. The van der Waals surface area contributed by atoms with E-state index in [2.05, 4.69) is 0 Å². The van der Waals surface area contributed by atoms with Crippen LogP contribution in [-0.2, 0) is 4.79 Å². The first kappa shape index (κ1) is 17.0. The number of carbonyl (C=O) groups is 1. The summed E-state index contributed by atoms with van der Waals surface area (Å²) in [5.74, 6) is -1.49. The van der Waals surface area contributed by atoms with Crippen LogP contribution in [0, 0.1) is 5.82 Å². The lowest BCUT2D eigenvalue weighted by molar-refractivity contribution is -0.144. The highest BCUT2D eigenvalue weighted by Gasteiger charge is 2.16. The molecule has 7 heteroatoms. The van der Waals surface area contributed by atoms with Gasteiger partial charge in [-0.2, -0.15) is 0 Å². The average Bonchev–Trinajstić information content (AvgIpc) is 2.56. The number of ether oxygens (including phenoxy) is 1. The maximum absolute atomic E-state index is 13.7. The molecule has 0 fully saturated rings. The summed E-state index contributed by atoms with van der Waals surface area (Å²) < 4.78 is 24.2. The van der Waals surface area contributed by atoms with E-state index in [1.807, 2.05) is 0 Å². The largest absolute Gasteiger partial charge is 0.479 e.